The highest BCUT2D eigenvalue weighted by atomic mass is 32.2. The molecule has 1 N–H and O–H groups in total. The smallest absolute Gasteiger partial charge is 0.187 e. The van der Waals surface area contributed by atoms with Crippen molar-refractivity contribution < 1.29 is 0 Å². The molecule has 0 spiro atoms. The summed E-state index contributed by atoms with van der Waals surface area (Å²) in [5, 5.41) is 4.01. The minimum atomic E-state index is 0.821. The van der Waals surface area contributed by atoms with Gasteiger partial charge in [-0.25, -0.2) is 9.97 Å². The standard InChI is InChI=1S/C8H9N3S/c1-12-8-10-5-7-6(11-8)3-2-4-9-7/h2-3,5,9H,4H2,1H3. The van der Waals surface area contributed by atoms with Gasteiger partial charge >= 0.3 is 0 Å². The van der Waals surface area contributed by atoms with E-state index in [0.717, 1.165) is 23.1 Å². The number of thioether (sulfide) groups is 1. The Morgan fingerprint density at radius 2 is 2.50 bits per heavy atom. The summed E-state index contributed by atoms with van der Waals surface area (Å²) in [6, 6.07) is 0. The van der Waals surface area contributed by atoms with Crippen LogP contribution in [-0.4, -0.2) is 22.8 Å². The van der Waals surface area contributed by atoms with Gasteiger partial charge in [-0.05, 0) is 12.3 Å². The fraction of sp³-hybridized carbons (Fsp3) is 0.250. The van der Waals surface area contributed by atoms with E-state index in [-0.39, 0.29) is 0 Å². The maximum atomic E-state index is 4.33. The van der Waals surface area contributed by atoms with E-state index in [1.807, 2.05) is 18.5 Å². The first-order chi connectivity index (χ1) is 5.90. The van der Waals surface area contributed by atoms with Crippen molar-refractivity contribution >= 4 is 23.5 Å². The molecule has 0 aliphatic carbocycles. The van der Waals surface area contributed by atoms with Gasteiger partial charge in [0, 0.05) is 6.54 Å². The number of nitrogens with zero attached hydrogens (tertiary/aromatic N) is 2. The molecule has 0 aromatic carbocycles. The number of nitrogens with one attached hydrogen (secondary N) is 1. The van der Waals surface area contributed by atoms with Crippen molar-refractivity contribution in [3.05, 3.63) is 18.0 Å². The lowest BCUT2D eigenvalue weighted by molar-refractivity contribution is 0.955. The molecule has 3 nitrogen and oxygen atoms in total. The Hall–Kier alpha value is -1.03. The third kappa shape index (κ3) is 1.30. The maximum Gasteiger partial charge on any atom is 0.187 e. The summed E-state index contributed by atoms with van der Waals surface area (Å²) in [4.78, 5) is 8.50. The van der Waals surface area contributed by atoms with Crippen molar-refractivity contribution in [2.45, 2.75) is 5.16 Å². The van der Waals surface area contributed by atoms with Gasteiger partial charge in [-0.1, -0.05) is 17.8 Å². The van der Waals surface area contributed by atoms with E-state index in [9.17, 15) is 0 Å². The van der Waals surface area contributed by atoms with Crippen molar-refractivity contribution in [3.63, 3.8) is 0 Å². The van der Waals surface area contributed by atoms with Gasteiger partial charge in [0.15, 0.2) is 5.16 Å². The van der Waals surface area contributed by atoms with Crippen LogP contribution in [0.2, 0.25) is 0 Å². The molecular weight excluding hydrogens is 170 g/mol. The van der Waals surface area contributed by atoms with E-state index in [2.05, 4.69) is 21.4 Å². The number of rotatable bonds is 1. The number of aromatic nitrogens is 2. The Labute approximate surface area is 75.3 Å². The molecule has 2 heterocycles. The summed E-state index contributed by atoms with van der Waals surface area (Å²) in [5.74, 6) is 0. The number of hydrogen-bond acceptors (Lipinski definition) is 4. The zero-order valence-corrected chi connectivity index (χ0v) is 7.56. The third-order valence-electron chi connectivity index (χ3n) is 1.66. The van der Waals surface area contributed by atoms with Crippen LogP contribution in [0.1, 0.15) is 5.69 Å². The van der Waals surface area contributed by atoms with Crippen LogP contribution in [0, 0.1) is 0 Å². The Balaban J connectivity index is 2.44. The fourth-order valence-corrected chi connectivity index (χ4v) is 1.43. The van der Waals surface area contributed by atoms with Gasteiger partial charge in [0.25, 0.3) is 0 Å². The first-order valence-electron chi connectivity index (χ1n) is 3.71. The molecule has 1 aliphatic heterocycles. The normalized spacial score (nSPS) is 13.8. The van der Waals surface area contributed by atoms with E-state index in [4.69, 9.17) is 0 Å². The summed E-state index contributed by atoms with van der Waals surface area (Å²) in [6.07, 6.45) is 7.88. The largest absolute Gasteiger partial charge is 0.379 e. The number of anilines is 1. The zero-order chi connectivity index (χ0) is 8.39. The van der Waals surface area contributed by atoms with Crippen LogP contribution in [0.4, 0.5) is 5.69 Å². The molecule has 1 aromatic heterocycles. The van der Waals surface area contributed by atoms with Crippen molar-refractivity contribution in [2.24, 2.45) is 0 Å². The lowest BCUT2D eigenvalue weighted by Crippen LogP contribution is -2.06. The zero-order valence-electron chi connectivity index (χ0n) is 6.74. The fourth-order valence-electron chi connectivity index (χ4n) is 1.08. The van der Waals surface area contributed by atoms with Crippen molar-refractivity contribution in [3.8, 4) is 0 Å². The average molecular weight is 179 g/mol. The molecule has 2 rings (SSSR count). The van der Waals surface area contributed by atoms with E-state index in [0.29, 0.717) is 0 Å². The highest BCUT2D eigenvalue weighted by Crippen LogP contribution is 2.19. The van der Waals surface area contributed by atoms with Crippen LogP contribution in [0.5, 0.6) is 0 Å². The predicted octanol–water partition coefficient (Wildman–Crippen LogP) is 1.64. The topological polar surface area (TPSA) is 37.8 Å². The lowest BCUT2D eigenvalue weighted by atomic mass is 10.2. The molecule has 0 bridgehead atoms. The molecule has 1 aliphatic rings. The second-order valence-electron chi connectivity index (χ2n) is 2.44. The molecule has 12 heavy (non-hydrogen) atoms. The highest BCUT2D eigenvalue weighted by molar-refractivity contribution is 7.98. The van der Waals surface area contributed by atoms with E-state index in [1.54, 1.807) is 11.8 Å². The van der Waals surface area contributed by atoms with Crippen molar-refractivity contribution in [1.29, 1.82) is 0 Å². The summed E-state index contributed by atoms with van der Waals surface area (Å²) in [5.41, 5.74) is 2.01. The van der Waals surface area contributed by atoms with Crippen LogP contribution in [0.15, 0.2) is 17.4 Å². The summed E-state index contributed by atoms with van der Waals surface area (Å²) >= 11 is 1.56. The van der Waals surface area contributed by atoms with E-state index in [1.165, 1.54) is 0 Å². The Morgan fingerprint density at radius 3 is 3.33 bits per heavy atom. The van der Waals surface area contributed by atoms with Gasteiger partial charge in [0.1, 0.15) is 0 Å². The molecular formula is C8H9N3S. The Bertz CT molecular complexity index is 322. The molecule has 4 heteroatoms. The second kappa shape index (κ2) is 3.15. The minimum absolute atomic E-state index is 0.821. The SMILES string of the molecule is CSc1ncc2c(n1)C=CCN2. The van der Waals surface area contributed by atoms with Gasteiger partial charge in [-0.15, -0.1) is 0 Å². The minimum Gasteiger partial charge on any atom is -0.379 e. The van der Waals surface area contributed by atoms with Crippen molar-refractivity contribution in [2.75, 3.05) is 18.1 Å². The molecule has 0 saturated heterocycles. The van der Waals surface area contributed by atoms with Gasteiger partial charge < -0.3 is 5.32 Å². The van der Waals surface area contributed by atoms with Crippen molar-refractivity contribution in [1.82, 2.24) is 9.97 Å². The first-order valence-corrected chi connectivity index (χ1v) is 4.94. The van der Waals surface area contributed by atoms with Crippen LogP contribution >= 0.6 is 11.8 Å². The highest BCUT2D eigenvalue weighted by Gasteiger charge is 2.05. The third-order valence-corrected chi connectivity index (χ3v) is 2.23. The average Bonchev–Trinajstić information content (AvgIpc) is 2.17. The van der Waals surface area contributed by atoms with E-state index < -0.39 is 0 Å². The lowest BCUT2D eigenvalue weighted by Gasteiger charge is -2.11. The molecule has 1 aromatic rings. The number of hydrogen-bond donors (Lipinski definition) is 1. The monoisotopic (exact) mass is 179 g/mol. The Kier molecular flexibility index (Phi) is 1.99. The van der Waals surface area contributed by atoms with Crippen LogP contribution in [0.25, 0.3) is 6.08 Å². The molecule has 0 unspecified atom stereocenters. The molecule has 0 saturated carbocycles. The molecule has 62 valence electrons. The number of fused-ring (bicyclic) bond motifs is 1. The molecule has 0 amide bonds. The predicted molar refractivity (Wildman–Crippen MR) is 51.3 cm³/mol. The molecule has 0 atom stereocenters. The van der Waals surface area contributed by atoms with E-state index >= 15 is 0 Å². The second-order valence-corrected chi connectivity index (χ2v) is 3.21. The van der Waals surface area contributed by atoms with Gasteiger partial charge in [-0.3, -0.25) is 0 Å². The maximum absolute atomic E-state index is 4.33. The summed E-state index contributed by atoms with van der Waals surface area (Å²) in [6.45, 7) is 0.870. The summed E-state index contributed by atoms with van der Waals surface area (Å²) < 4.78 is 0. The van der Waals surface area contributed by atoms with Crippen LogP contribution in [0.3, 0.4) is 0 Å². The molecule has 0 fully saturated rings. The first kappa shape index (κ1) is 7.61. The van der Waals surface area contributed by atoms with Crippen LogP contribution < -0.4 is 5.32 Å². The van der Waals surface area contributed by atoms with Gasteiger partial charge in [0.05, 0.1) is 17.6 Å². The quantitative estimate of drug-likeness (QED) is 0.525. The van der Waals surface area contributed by atoms with Gasteiger partial charge in [-0.2, -0.15) is 0 Å². The summed E-state index contributed by atoms with van der Waals surface area (Å²) in [7, 11) is 0. The Morgan fingerprint density at radius 1 is 1.58 bits per heavy atom. The van der Waals surface area contributed by atoms with Crippen LogP contribution in [-0.2, 0) is 0 Å². The molecule has 0 radical (unpaired) electrons. The van der Waals surface area contributed by atoms with Gasteiger partial charge in [0.2, 0.25) is 0 Å².